The van der Waals surface area contributed by atoms with Crippen LogP contribution in [0.1, 0.15) is 23.2 Å². The second-order valence-electron chi connectivity index (χ2n) is 7.43. The SMILES string of the molecule is CNc1cc(Nc2cccc(N3CCCC3=O)n2)nc2c(C(=O)NC3COC3)cnn12. The van der Waals surface area contributed by atoms with E-state index >= 15 is 0 Å². The lowest BCUT2D eigenvalue weighted by atomic mass is 10.2. The van der Waals surface area contributed by atoms with Crippen molar-refractivity contribution >= 4 is 40.7 Å². The quantitative estimate of drug-likeness (QED) is 0.540. The van der Waals surface area contributed by atoms with E-state index in [1.165, 1.54) is 6.20 Å². The van der Waals surface area contributed by atoms with Gasteiger partial charge in [0.15, 0.2) is 5.65 Å². The Morgan fingerprint density at radius 2 is 2.10 bits per heavy atom. The average Bonchev–Trinajstić information content (AvgIpc) is 3.36. The van der Waals surface area contributed by atoms with Gasteiger partial charge >= 0.3 is 0 Å². The molecule has 0 bridgehead atoms. The fourth-order valence-corrected chi connectivity index (χ4v) is 3.61. The fraction of sp³-hybridized carbons (Fsp3) is 0.350. The normalized spacial score (nSPS) is 16.4. The number of aromatic nitrogens is 4. The monoisotopic (exact) mass is 422 g/mol. The van der Waals surface area contributed by atoms with E-state index in [1.807, 2.05) is 12.1 Å². The van der Waals surface area contributed by atoms with Crippen molar-refractivity contribution in [2.24, 2.45) is 0 Å². The Labute approximate surface area is 177 Å². The summed E-state index contributed by atoms with van der Waals surface area (Å²) in [4.78, 5) is 35.5. The van der Waals surface area contributed by atoms with Crippen LogP contribution in [-0.4, -0.2) is 64.2 Å². The largest absolute Gasteiger partial charge is 0.377 e. The number of carbonyl (C=O) groups excluding carboxylic acids is 2. The number of nitrogens with one attached hydrogen (secondary N) is 3. The molecule has 3 N–H and O–H groups in total. The van der Waals surface area contributed by atoms with Gasteiger partial charge in [0.05, 0.1) is 25.5 Å². The third-order valence-electron chi connectivity index (χ3n) is 5.29. The summed E-state index contributed by atoms with van der Waals surface area (Å²) in [6, 6.07) is 7.24. The Morgan fingerprint density at radius 1 is 1.23 bits per heavy atom. The van der Waals surface area contributed by atoms with Crippen molar-refractivity contribution in [1.82, 2.24) is 24.9 Å². The minimum Gasteiger partial charge on any atom is -0.377 e. The molecule has 2 fully saturated rings. The summed E-state index contributed by atoms with van der Waals surface area (Å²) in [5, 5.41) is 13.5. The van der Waals surface area contributed by atoms with Crippen molar-refractivity contribution in [1.29, 1.82) is 0 Å². The minimum atomic E-state index is -0.248. The van der Waals surface area contributed by atoms with Crippen molar-refractivity contribution < 1.29 is 14.3 Å². The van der Waals surface area contributed by atoms with Gasteiger partial charge in [-0.05, 0) is 18.6 Å². The third kappa shape index (κ3) is 3.63. The highest BCUT2D eigenvalue weighted by atomic mass is 16.5. The summed E-state index contributed by atoms with van der Waals surface area (Å²) >= 11 is 0. The first-order valence-corrected chi connectivity index (χ1v) is 10.1. The summed E-state index contributed by atoms with van der Waals surface area (Å²) in [5.74, 6) is 2.14. The molecular formula is C20H22N8O3. The molecule has 0 spiro atoms. The number of pyridine rings is 1. The van der Waals surface area contributed by atoms with Gasteiger partial charge in [0.1, 0.15) is 28.8 Å². The van der Waals surface area contributed by atoms with E-state index in [9.17, 15) is 9.59 Å². The molecule has 3 aromatic rings. The summed E-state index contributed by atoms with van der Waals surface area (Å²) in [6.07, 6.45) is 2.88. The fourth-order valence-electron chi connectivity index (χ4n) is 3.61. The van der Waals surface area contributed by atoms with Crippen LogP contribution in [0.4, 0.5) is 23.3 Å². The Hall–Kier alpha value is -3.73. The molecule has 11 nitrogen and oxygen atoms in total. The van der Waals surface area contributed by atoms with Crippen molar-refractivity contribution in [2.75, 3.05) is 42.3 Å². The van der Waals surface area contributed by atoms with E-state index in [0.717, 1.165) is 6.42 Å². The minimum absolute atomic E-state index is 0.00719. The van der Waals surface area contributed by atoms with Crippen LogP contribution in [0.15, 0.2) is 30.5 Å². The second kappa shape index (κ2) is 7.84. The molecule has 0 radical (unpaired) electrons. The molecule has 0 saturated carbocycles. The smallest absolute Gasteiger partial charge is 0.257 e. The van der Waals surface area contributed by atoms with E-state index in [2.05, 4.69) is 31.0 Å². The number of amides is 2. The molecule has 0 unspecified atom stereocenters. The van der Waals surface area contributed by atoms with Crippen LogP contribution >= 0.6 is 0 Å². The van der Waals surface area contributed by atoms with Gasteiger partial charge in [-0.1, -0.05) is 6.07 Å². The first kappa shape index (κ1) is 19.2. The predicted octanol–water partition coefficient (Wildman–Crippen LogP) is 1.16. The number of carbonyl (C=O) groups is 2. The van der Waals surface area contributed by atoms with Gasteiger partial charge in [-0.3, -0.25) is 14.5 Å². The number of hydrogen-bond acceptors (Lipinski definition) is 8. The Bertz CT molecular complexity index is 1160. The molecular weight excluding hydrogens is 400 g/mol. The zero-order valence-electron chi connectivity index (χ0n) is 17.0. The molecule has 0 aliphatic carbocycles. The van der Waals surface area contributed by atoms with Crippen molar-refractivity contribution in [2.45, 2.75) is 18.9 Å². The van der Waals surface area contributed by atoms with E-state index in [4.69, 9.17) is 4.74 Å². The zero-order chi connectivity index (χ0) is 21.4. The standard InChI is InChI=1S/C20H22N8O3/c1-21-17-8-15(24-14-4-2-5-16(25-14)27-7-3-6-18(27)29)26-19-13(9-22-28(17)19)20(30)23-12-10-31-11-12/h2,4-5,8-9,12,21H,3,6-7,10-11H2,1H3,(H,23,30)(H,24,25,26). The molecule has 0 aromatic carbocycles. The maximum Gasteiger partial charge on any atom is 0.257 e. The zero-order valence-corrected chi connectivity index (χ0v) is 17.0. The number of hydrogen-bond donors (Lipinski definition) is 3. The molecule has 31 heavy (non-hydrogen) atoms. The summed E-state index contributed by atoms with van der Waals surface area (Å²) in [7, 11) is 1.77. The maximum atomic E-state index is 12.7. The third-order valence-corrected chi connectivity index (χ3v) is 5.29. The van der Waals surface area contributed by atoms with Gasteiger partial charge in [-0.15, -0.1) is 0 Å². The lowest BCUT2D eigenvalue weighted by Crippen LogP contribution is -2.48. The molecule has 2 aliphatic rings. The number of anilines is 4. The predicted molar refractivity (Wildman–Crippen MR) is 114 cm³/mol. The highest BCUT2D eigenvalue weighted by molar-refractivity contribution is 6.00. The molecule has 2 aliphatic heterocycles. The molecule has 5 rings (SSSR count). The second-order valence-corrected chi connectivity index (χ2v) is 7.43. The van der Waals surface area contributed by atoms with E-state index < -0.39 is 0 Å². The van der Waals surface area contributed by atoms with Crippen LogP contribution in [0.25, 0.3) is 5.65 Å². The van der Waals surface area contributed by atoms with E-state index in [0.29, 0.717) is 60.7 Å². The molecule has 11 heteroatoms. The van der Waals surface area contributed by atoms with E-state index in [1.54, 1.807) is 28.6 Å². The Kier molecular flexibility index (Phi) is 4.86. The van der Waals surface area contributed by atoms with E-state index in [-0.39, 0.29) is 17.9 Å². The maximum absolute atomic E-state index is 12.7. The van der Waals surface area contributed by atoms with Crippen LogP contribution < -0.4 is 20.9 Å². The first-order chi connectivity index (χ1) is 15.1. The van der Waals surface area contributed by atoms with Crippen LogP contribution in [-0.2, 0) is 9.53 Å². The average molecular weight is 422 g/mol. The Balaban J connectivity index is 1.45. The molecule has 2 saturated heterocycles. The molecule has 160 valence electrons. The van der Waals surface area contributed by atoms with Crippen molar-refractivity contribution in [3.63, 3.8) is 0 Å². The Morgan fingerprint density at radius 3 is 2.81 bits per heavy atom. The first-order valence-electron chi connectivity index (χ1n) is 10.1. The number of nitrogens with zero attached hydrogens (tertiary/aromatic N) is 5. The summed E-state index contributed by atoms with van der Waals surface area (Å²) < 4.78 is 6.69. The van der Waals surface area contributed by atoms with Crippen molar-refractivity contribution in [3.05, 3.63) is 36.0 Å². The van der Waals surface area contributed by atoms with Crippen LogP contribution in [0.2, 0.25) is 0 Å². The molecule has 0 atom stereocenters. The molecule has 2 amide bonds. The van der Waals surface area contributed by atoms with Gasteiger partial charge in [0, 0.05) is 26.1 Å². The van der Waals surface area contributed by atoms with Gasteiger partial charge in [0.2, 0.25) is 5.91 Å². The van der Waals surface area contributed by atoms with Crippen LogP contribution in [0.3, 0.4) is 0 Å². The highest BCUT2D eigenvalue weighted by Crippen LogP contribution is 2.24. The van der Waals surface area contributed by atoms with Gasteiger partial charge in [0.25, 0.3) is 5.91 Å². The number of fused-ring (bicyclic) bond motifs is 1. The summed E-state index contributed by atoms with van der Waals surface area (Å²) in [6.45, 7) is 1.69. The van der Waals surface area contributed by atoms with Crippen molar-refractivity contribution in [3.8, 4) is 0 Å². The highest BCUT2D eigenvalue weighted by Gasteiger charge is 2.25. The molecule has 3 aromatic heterocycles. The van der Waals surface area contributed by atoms with Gasteiger partial charge in [-0.2, -0.15) is 9.61 Å². The molecule has 5 heterocycles. The number of rotatable bonds is 6. The number of ether oxygens (including phenoxy) is 1. The summed E-state index contributed by atoms with van der Waals surface area (Å²) in [5.41, 5.74) is 0.786. The lowest BCUT2D eigenvalue weighted by Gasteiger charge is -2.26. The topological polar surface area (TPSA) is 126 Å². The van der Waals surface area contributed by atoms with Crippen LogP contribution in [0, 0.1) is 0 Å². The van der Waals surface area contributed by atoms with Gasteiger partial charge < -0.3 is 20.7 Å². The van der Waals surface area contributed by atoms with Gasteiger partial charge in [-0.25, -0.2) is 9.97 Å². The van der Waals surface area contributed by atoms with Crippen LogP contribution in [0.5, 0.6) is 0 Å². The lowest BCUT2D eigenvalue weighted by molar-refractivity contribution is -0.117.